The summed E-state index contributed by atoms with van der Waals surface area (Å²) in [6, 6.07) is 8.30. The van der Waals surface area contributed by atoms with Crippen molar-refractivity contribution in [2.45, 2.75) is 52.7 Å². The van der Waals surface area contributed by atoms with E-state index >= 15 is 0 Å². The van der Waals surface area contributed by atoms with Crippen LogP contribution in [-0.4, -0.2) is 40.0 Å². The monoisotopic (exact) mass is 397 g/mol. The molecule has 1 N–H and O–H groups in total. The lowest BCUT2D eigenvalue weighted by atomic mass is 10.00. The molecular formula is C23H31N3O3. The molecule has 3 heterocycles. The van der Waals surface area contributed by atoms with Crippen LogP contribution in [0, 0.1) is 24.7 Å². The molecule has 2 amide bonds. The second kappa shape index (κ2) is 6.51. The zero-order chi connectivity index (χ0) is 21.1. The Bertz CT molecular complexity index is 957. The third-order valence-corrected chi connectivity index (χ3v) is 6.13. The van der Waals surface area contributed by atoms with E-state index in [1.807, 2.05) is 46.9 Å². The molecular weight excluding hydrogens is 366 g/mol. The largest absolute Gasteiger partial charge is 0.444 e. The number of ether oxygens (including phenoxy) is 1. The summed E-state index contributed by atoms with van der Waals surface area (Å²) in [5, 5.41) is 3.25. The van der Waals surface area contributed by atoms with Crippen LogP contribution in [-0.2, 0) is 15.1 Å². The van der Waals surface area contributed by atoms with Gasteiger partial charge in [-0.25, -0.2) is 4.79 Å². The second-order valence-corrected chi connectivity index (χ2v) is 10.0. The summed E-state index contributed by atoms with van der Waals surface area (Å²) in [4.78, 5) is 27.0. The molecule has 1 aliphatic carbocycles. The van der Waals surface area contributed by atoms with Crippen molar-refractivity contribution in [2.75, 3.05) is 13.1 Å². The van der Waals surface area contributed by atoms with Crippen molar-refractivity contribution in [1.82, 2.24) is 14.6 Å². The van der Waals surface area contributed by atoms with Crippen LogP contribution in [0.4, 0.5) is 4.79 Å². The number of rotatable bonds is 3. The fourth-order valence-electron chi connectivity index (χ4n) is 4.64. The Morgan fingerprint density at radius 3 is 2.34 bits per heavy atom. The minimum Gasteiger partial charge on any atom is -0.444 e. The molecule has 1 aliphatic heterocycles. The zero-order valence-electron chi connectivity index (χ0n) is 18.2. The van der Waals surface area contributed by atoms with Gasteiger partial charge in [0.25, 0.3) is 0 Å². The number of nitrogens with one attached hydrogen (secondary N) is 1. The standard InChI is InChI=1S/C23H31N3O3/c1-14-8-7-11-26-17(14)9-10-18(26)23(5,6)24-20(27)19-15-12-25(13-16(15)19)21(28)29-22(2,3)4/h7-11,15-16,19H,12-13H2,1-6H3,(H,24,27)/t15-,16+,19+. The lowest BCUT2D eigenvalue weighted by Gasteiger charge is -2.28. The lowest BCUT2D eigenvalue weighted by Crippen LogP contribution is -2.44. The van der Waals surface area contributed by atoms with E-state index in [2.05, 4.69) is 34.8 Å². The van der Waals surface area contributed by atoms with E-state index in [1.54, 1.807) is 4.90 Å². The van der Waals surface area contributed by atoms with Crippen molar-refractivity contribution in [3.63, 3.8) is 0 Å². The Labute approximate surface area is 172 Å². The highest BCUT2D eigenvalue weighted by Crippen LogP contribution is 2.52. The summed E-state index contributed by atoms with van der Waals surface area (Å²) in [5.74, 6) is 0.548. The first-order valence-corrected chi connectivity index (χ1v) is 10.3. The predicted octanol–water partition coefficient (Wildman–Crippen LogP) is 3.71. The molecule has 2 aromatic heterocycles. The van der Waals surface area contributed by atoms with Crippen molar-refractivity contribution >= 4 is 17.5 Å². The highest BCUT2D eigenvalue weighted by Gasteiger charge is 2.61. The van der Waals surface area contributed by atoms with Gasteiger partial charge in [-0.1, -0.05) is 6.07 Å². The van der Waals surface area contributed by atoms with Crippen LogP contribution in [0.15, 0.2) is 30.5 Å². The topological polar surface area (TPSA) is 63.0 Å². The molecule has 6 heteroatoms. The van der Waals surface area contributed by atoms with Gasteiger partial charge in [0.1, 0.15) is 5.60 Å². The van der Waals surface area contributed by atoms with Gasteiger partial charge in [-0.05, 0) is 77.1 Å². The van der Waals surface area contributed by atoms with Gasteiger partial charge >= 0.3 is 6.09 Å². The number of amides is 2. The van der Waals surface area contributed by atoms with E-state index in [0.29, 0.717) is 13.1 Å². The number of piperidine rings is 1. The number of carbonyl (C=O) groups excluding carboxylic acids is 2. The van der Waals surface area contributed by atoms with Crippen molar-refractivity contribution < 1.29 is 14.3 Å². The van der Waals surface area contributed by atoms with Crippen LogP contribution in [0.3, 0.4) is 0 Å². The molecule has 0 unspecified atom stereocenters. The van der Waals surface area contributed by atoms with Gasteiger partial charge in [-0.15, -0.1) is 0 Å². The number of aromatic nitrogens is 1. The molecule has 2 aliphatic rings. The molecule has 6 nitrogen and oxygen atoms in total. The highest BCUT2D eigenvalue weighted by molar-refractivity contribution is 5.84. The Balaban J connectivity index is 1.40. The molecule has 0 radical (unpaired) electrons. The Kier molecular flexibility index (Phi) is 4.44. The molecule has 0 spiro atoms. The van der Waals surface area contributed by atoms with Crippen molar-refractivity contribution in [2.24, 2.45) is 17.8 Å². The maximum atomic E-state index is 13.0. The Hall–Kier alpha value is -2.50. The zero-order valence-corrected chi connectivity index (χ0v) is 18.2. The third kappa shape index (κ3) is 3.61. The Morgan fingerprint density at radius 1 is 1.07 bits per heavy atom. The molecule has 29 heavy (non-hydrogen) atoms. The molecule has 2 fully saturated rings. The van der Waals surface area contributed by atoms with Crippen LogP contribution in [0.2, 0.25) is 0 Å². The van der Waals surface area contributed by atoms with Crippen molar-refractivity contribution in [3.05, 3.63) is 41.7 Å². The number of fused-ring (bicyclic) bond motifs is 2. The first-order valence-electron chi connectivity index (χ1n) is 10.3. The molecule has 2 aromatic rings. The average molecular weight is 398 g/mol. The van der Waals surface area contributed by atoms with E-state index in [9.17, 15) is 9.59 Å². The molecule has 0 aromatic carbocycles. The third-order valence-electron chi connectivity index (χ3n) is 6.13. The second-order valence-electron chi connectivity index (χ2n) is 10.0. The lowest BCUT2D eigenvalue weighted by molar-refractivity contribution is -0.125. The molecule has 1 saturated carbocycles. The van der Waals surface area contributed by atoms with Gasteiger partial charge in [0.15, 0.2) is 0 Å². The van der Waals surface area contributed by atoms with Crippen LogP contribution in [0.25, 0.3) is 5.52 Å². The summed E-state index contributed by atoms with van der Waals surface area (Å²) in [6.07, 6.45) is 1.76. The first kappa shape index (κ1) is 19.8. The predicted molar refractivity (Wildman–Crippen MR) is 112 cm³/mol. The van der Waals surface area contributed by atoms with Gasteiger partial charge in [0.05, 0.1) is 5.54 Å². The van der Waals surface area contributed by atoms with Gasteiger partial charge in [-0.3, -0.25) is 4.79 Å². The van der Waals surface area contributed by atoms with Crippen LogP contribution in [0.5, 0.6) is 0 Å². The fraction of sp³-hybridized carbons (Fsp3) is 0.565. The van der Waals surface area contributed by atoms with Gasteiger partial charge < -0.3 is 19.4 Å². The average Bonchev–Trinajstić information content (AvgIpc) is 2.96. The van der Waals surface area contributed by atoms with Crippen molar-refractivity contribution in [3.8, 4) is 0 Å². The Morgan fingerprint density at radius 2 is 1.72 bits per heavy atom. The molecule has 4 rings (SSSR count). The van der Waals surface area contributed by atoms with E-state index in [1.165, 1.54) is 5.56 Å². The number of nitrogens with zero attached hydrogens (tertiary/aromatic N) is 2. The molecule has 0 bridgehead atoms. The summed E-state index contributed by atoms with van der Waals surface area (Å²) >= 11 is 0. The van der Waals surface area contributed by atoms with E-state index in [4.69, 9.17) is 4.74 Å². The number of pyridine rings is 1. The smallest absolute Gasteiger partial charge is 0.410 e. The minimum absolute atomic E-state index is 0.0130. The number of likely N-dealkylation sites (tertiary alicyclic amines) is 1. The summed E-state index contributed by atoms with van der Waals surface area (Å²) < 4.78 is 7.60. The van der Waals surface area contributed by atoms with Crippen LogP contribution < -0.4 is 5.32 Å². The maximum absolute atomic E-state index is 13.0. The summed E-state index contributed by atoms with van der Waals surface area (Å²) in [5.41, 5.74) is 2.44. The number of carbonyl (C=O) groups is 2. The highest BCUT2D eigenvalue weighted by atomic mass is 16.6. The number of hydrogen-bond donors (Lipinski definition) is 1. The van der Waals surface area contributed by atoms with E-state index < -0.39 is 11.1 Å². The first-order chi connectivity index (χ1) is 13.5. The number of aryl methyl sites for hydroxylation is 1. The summed E-state index contributed by atoms with van der Waals surface area (Å²) in [6.45, 7) is 13.0. The summed E-state index contributed by atoms with van der Waals surface area (Å²) in [7, 11) is 0. The maximum Gasteiger partial charge on any atom is 0.410 e. The minimum atomic E-state index is -0.497. The van der Waals surface area contributed by atoms with E-state index in [0.717, 1.165) is 11.2 Å². The SMILES string of the molecule is Cc1cccn2c(C(C)(C)NC(=O)[C@H]3[C@@H]4CN(C(=O)OC(C)(C)C)C[C@@H]43)ccc12. The quantitative estimate of drug-likeness (QED) is 0.859. The fourth-order valence-corrected chi connectivity index (χ4v) is 4.64. The van der Waals surface area contributed by atoms with E-state index in [-0.39, 0.29) is 29.8 Å². The molecule has 3 atom stereocenters. The van der Waals surface area contributed by atoms with Gasteiger partial charge in [0.2, 0.25) is 5.91 Å². The number of hydrogen-bond acceptors (Lipinski definition) is 3. The normalized spacial score (nSPS) is 23.8. The van der Waals surface area contributed by atoms with Crippen molar-refractivity contribution in [1.29, 1.82) is 0 Å². The van der Waals surface area contributed by atoms with Crippen LogP contribution in [0.1, 0.15) is 45.9 Å². The van der Waals surface area contributed by atoms with Crippen LogP contribution >= 0.6 is 0 Å². The molecule has 1 saturated heterocycles. The van der Waals surface area contributed by atoms with Gasteiger partial charge in [0, 0.05) is 36.4 Å². The molecule has 156 valence electrons. The van der Waals surface area contributed by atoms with Gasteiger partial charge in [-0.2, -0.15) is 0 Å².